The van der Waals surface area contributed by atoms with Gasteiger partial charge in [0.25, 0.3) is 0 Å². The lowest BCUT2D eigenvalue weighted by Gasteiger charge is -2.11. The zero-order valence-electron chi connectivity index (χ0n) is 4.90. The summed E-state index contributed by atoms with van der Waals surface area (Å²) in [5.41, 5.74) is 0. The van der Waals surface area contributed by atoms with Crippen LogP contribution in [-0.2, 0) is 0 Å². The third-order valence-corrected chi connectivity index (χ3v) is 2.53. The van der Waals surface area contributed by atoms with Gasteiger partial charge in [-0.3, -0.25) is 4.99 Å². The van der Waals surface area contributed by atoms with Gasteiger partial charge in [-0.2, -0.15) is 0 Å². The number of hydrogen-bond acceptors (Lipinski definition) is 2. The third-order valence-electron chi connectivity index (χ3n) is 1.50. The number of aliphatic imine (C=N–C) groups is 1. The summed E-state index contributed by atoms with van der Waals surface area (Å²) in [5, 5.41) is 2.58. The van der Waals surface area contributed by atoms with Crippen LogP contribution in [0.3, 0.4) is 0 Å². The molecule has 0 N–H and O–H groups in total. The Balaban J connectivity index is 2.25. The molecule has 2 rings (SSSR count). The standard InChI is InChI=1S/C7H7NS/c1-2-6-3-5-9-7(6)8-4-1/h1-7H. The summed E-state index contributed by atoms with van der Waals surface area (Å²) in [7, 11) is 0. The molecular formula is C7H7NS. The largest absolute Gasteiger partial charge is 0.278 e. The lowest BCUT2D eigenvalue weighted by Crippen LogP contribution is -2.08. The van der Waals surface area contributed by atoms with Crippen LogP contribution in [0.5, 0.6) is 0 Å². The molecular weight excluding hydrogens is 130 g/mol. The molecule has 0 amide bonds. The summed E-state index contributed by atoms with van der Waals surface area (Å²) in [6.45, 7) is 0. The molecule has 2 aliphatic heterocycles. The van der Waals surface area contributed by atoms with Gasteiger partial charge in [0.05, 0.1) is 0 Å². The molecule has 0 saturated heterocycles. The summed E-state index contributed by atoms with van der Waals surface area (Å²) >= 11 is 1.80. The fourth-order valence-corrected chi connectivity index (χ4v) is 1.95. The summed E-state index contributed by atoms with van der Waals surface area (Å²) < 4.78 is 0. The van der Waals surface area contributed by atoms with Crippen molar-refractivity contribution >= 4 is 18.0 Å². The Labute approximate surface area is 58.6 Å². The van der Waals surface area contributed by atoms with Crippen LogP contribution in [0.4, 0.5) is 0 Å². The molecule has 0 aromatic heterocycles. The lowest BCUT2D eigenvalue weighted by molar-refractivity contribution is 0.777. The number of dihydropyridines is 1. The minimum atomic E-state index is 0.454. The van der Waals surface area contributed by atoms with Crippen LogP contribution in [-0.4, -0.2) is 11.6 Å². The van der Waals surface area contributed by atoms with Crippen molar-refractivity contribution in [2.24, 2.45) is 10.9 Å². The Bertz CT molecular complexity index is 193. The molecule has 2 unspecified atom stereocenters. The number of rotatable bonds is 0. The highest BCUT2D eigenvalue weighted by molar-refractivity contribution is 8.03. The Morgan fingerprint density at radius 3 is 3.22 bits per heavy atom. The maximum Gasteiger partial charge on any atom is 0.109 e. The first-order valence-electron chi connectivity index (χ1n) is 2.99. The highest BCUT2D eigenvalue weighted by Gasteiger charge is 2.20. The molecule has 0 aromatic carbocycles. The average molecular weight is 137 g/mol. The normalized spacial score (nSPS) is 37.3. The Morgan fingerprint density at radius 2 is 2.33 bits per heavy atom. The van der Waals surface area contributed by atoms with Crippen molar-refractivity contribution in [2.45, 2.75) is 5.37 Å². The number of nitrogens with zero attached hydrogens (tertiary/aromatic N) is 1. The van der Waals surface area contributed by atoms with Crippen LogP contribution < -0.4 is 0 Å². The van der Waals surface area contributed by atoms with Crippen LogP contribution in [0.2, 0.25) is 0 Å². The maximum atomic E-state index is 4.28. The quantitative estimate of drug-likeness (QED) is 0.496. The van der Waals surface area contributed by atoms with Crippen LogP contribution in [0.25, 0.3) is 0 Å². The van der Waals surface area contributed by atoms with Crippen LogP contribution in [0, 0.1) is 5.92 Å². The lowest BCUT2D eigenvalue weighted by atomic mass is 10.1. The smallest absolute Gasteiger partial charge is 0.109 e. The van der Waals surface area contributed by atoms with Crippen LogP contribution >= 0.6 is 11.8 Å². The second kappa shape index (κ2) is 2.03. The Hall–Kier alpha value is -0.500. The molecule has 0 bridgehead atoms. The van der Waals surface area contributed by atoms with Gasteiger partial charge < -0.3 is 0 Å². The van der Waals surface area contributed by atoms with E-state index in [0.29, 0.717) is 11.3 Å². The van der Waals surface area contributed by atoms with E-state index in [4.69, 9.17) is 0 Å². The fourth-order valence-electron chi connectivity index (χ4n) is 1.01. The molecule has 0 radical (unpaired) electrons. The van der Waals surface area contributed by atoms with Gasteiger partial charge >= 0.3 is 0 Å². The molecule has 0 saturated carbocycles. The van der Waals surface area contributed by atoms with E-state index in [9.17, 15) is 0 Å². The third kappa shape index (κ3) is 0.833. The van der Waals surface area contributed by atoms with E-state index in [0.717, 1.165) is 0 Å². The molecule has 0 fully saturated rings. The summed E-state index contributed by atoms with van der Waals surface area (Å²) in [5.74, 6) is 0.569. The summed E-state index contributed by atoms with van der Waals surface area (Å²) in [6, 6.07) is 0. The SMILES string of the molecule is C1=CC2C=CSC2N=C1. The van der Waals surface area contributed by atoms with E-state index < -0.39 is 0 Å². The molecule has 0 aliphatic carbocycles. The van der Waals surface area contributed by atoms with Gasteiger partial charge in [-0.05, 0) is 11.5 Å². The van der Waals surface area contributed by atoms with Crippen molar-refractivity contribution in [3.05, 3.63) is 23.6 Å². The highest BCUT2D eigenvalue weighted by Crippen LogP contribution is 2.32. The van der Waals surface area contributed by atoms with Crippen LogP contribution in [0.1, 0.15) is 0 Å². The van der Waals surface area contributed by atoms with Crippen molar-refractivity contribution in [2.75, 3.05) is 0 Å². The first kappa shape index (κ1) is 5.30. The van der Waals surface area contributed by atoms with Crippen LogP contribution in [0.15, 0.2) is 28.6 Å². The second-order valence-electron chi connectivity index (χ2n) is 2.12. The minimum Gasteiger partial charge on any atom is -0.278 e. The summed E-state index contributed by atoms with van der Waals surface area (Å²) in [6.07, 6.45) is 8.27. The fraction of sp³-hybridized carbons (Fsp3) is 0.286. The maximum absolute atomic E-state index is 4.28. The predicted octanol–water partition coefficient (Wildman–Crippen LogP) is 1.83. The number of hydrogen-bond donors (Lipinski definition) is 0. The number of thioether (sulfide) groups is 1. The molecule has 1 nitrogen and oxygen atoms in total. The van der Waals surface area contributed by atoms with Crippen molar-refractivity contribution < 1.29 is 0 Å². The van der Waals surface area contributed by atoms with Gasteiger partial charge in [-0.1, -0.05) is 12.2 Å². The predicted molar refractivity (Wildman–Crippen MR) is 41.6 cm³/mol. The average Bonchev–Trinajstić information content (AvgIpc) is 2.33. The molecule has 0 aromatic rings. The molecule has 46 valence electrons. The van der Waals surface area contributed by atoms with E-state index >= 15 is 0 Å². The van der Waals surface area contributed by atoms with E-state index in [1.54, 1.807) is 11.8 Å². The molecule has 9 heavy (non-hydrogen) atoms. The monoisotopic (exact) mass is 137 g/mol. The number of allylic oxidation sites excluding steroid dienone is 1. The van der Waals surface area contributed by atoms with Crippen molar-refractivity contribution in [3.63, 3.8) is 0 Å². The Morgan fingerprint density at radius 1 is 1.33 bits per heavy atom. The minimum absolute atomic E-state index is 0.454. The zero-order chi connectivity index (χ0) is 6.10. The van der Waals surface area contributed by atoms with Gasteiger partial charge in [0.15, 0.2) is 0 Å². The van der Waals surface area contributed by atoms with Gasteiger partial charge in [-0.15, -0.1) is 11.8 Å². The molecule has 2 atom stereocenters. The van der Waals surface area contributed by atoms with Crippen molar-refractivity contribution in [3.8, 4) is 0 Å². The van der Waals surface area contributed by atoms with Crippen molar-refractivity contribution in [1.29, 1.82) is 0 Å². The Kier molecular flexibility index (Phi) is 1.19. The van der Waals surface area contributed by atoms with Gasteiger partial charge in [0.2, 0.25) is 0 Å². The zero-order valence-corrected chi connectivity index (χ0v) is 5.71. The molecule has 2 heterocycles. The first-order chi connectivity index (χ1) is 4.47. The second-order valence-corrected chi connectivity index (χ2v) is 3.14. The highest BCUT2D eigenvalue weighted by atomic mass is 32.2. The van der Waals surface area contributed by atoms with Gasteiger partial charge in [0.1, 0.15) is 5.37 Å². The van der Waals surface area contributed by atoms with Gasteiger partial charge in [0, 0.05) is 12.1 Å². The number of fused-ring (bicyclic) bond motifs is 1. The van der Waals surface area contributed by atoms with E-state index in [1.165, 1.54) is 0 Å². The summed E-state index contributed by atoms with van der Waals surface area (Å²) in [4.78, 5) is 4.28. The molecule has 2 aliphatic rings. The van der Waals surface area contributed by atoms with E-state index in [1.807, 2.05) is 12.3 Å². The first-order valence-corrected chi connectivity index (χ1v) is 3.93. The molecule has 2 heteroatoms. The van der Waals surface area contributed by atoms with Gasteiger partial charge in [-0.25, -0.2) is 0 Å². The van der Waals surface area contributed by atoms with E-state index in [2.05, 4.69) is 22.6 Å². The topological polar surface area (TPSA) is 12.4 Å². The van der Waals surface area contributed by atoms with Crippen molar-refractivity contribution in [1.82, 2.24) is 0 Å². The van der Waals surface area contributed by atoms with E-state index in [-0.39, 0.29) is 0 Å². The molecule has 0 spiro atoms.